The number of hydrogen-bond donors (Lipinski definition) is 0. The van der Waals surface area contributed by atoms with Crippen LogP contribution in [0.5, 0.6) is 5.75 Å². The van der Waals surface area contributed by atoms with Gasteiger partial charge in [-0.15, -0.1) is 0 Å². The topological polar surface area (TPSA) is 65.7 Å². The predicted molar refractivity (Wildman–Crippen MR) is 121 cm³/mol. The molecular formula is C25H25ClO5. The molecule has 1 aliphatic carbocycles. The van der Waals surface area contributed by atoms with E-state index in [1.807, 2.05) is 13.0 Å². The SMILES string of the molecule is Cc1ccc2c(=O)c(OC(C)C(=O)OC3CCCCC3)c(-c3ccc(Cl)cc3)oc2c1. The summed E-state index contributed by atoms with van der Waals surface area (Å²) in [5.74, 6) is -0.221. The minimum absolute atomic E-state index is 0.00762. The van der Waals surface area contributed by atoms with Gasteiger partial charge in [0.1, 0.15) is 11.7 Å². The summed E-state index contributed by atoms with van der Waals surface area (Å²) in [7, 11) is 0. The van der Waals surface area contributed by atoms with Crippen molar-refractivity contribution in [3.05, 3.63) is 63.3 Å². The van der Waals surface area contributed by atoms with E-state index >= 15 is 0 Å². The van der Waals surface area contributed by atoms with Crippen LogP contribution < -0.4 is 10.2 Å². The van der Waals surface area contributed by atoms with E-state index in [0.29, 0.717) is 21.6 Å². The second-order valence-electron chi connectivity index (χ2n) is 8.05. The number of hydrogen-bond acceptors (Lipinski definition) is 5. The lowest BCUT2D eigenvalue weighted by molar-refractivity contribution is -0.158. The average molecular weight is 441 g/mol. The van der Waals surface area contributed by atoms with Crippen LogP contribution in [-0.4, -0.2) is 18.2 Å². The maximum Gasteiger partial charge on any atom is 0.347 e. The number of benzene rings is 2. The highest BCUT2D eigenvalue weighted by Gasteiger charge is 2.26. The van der Waals surface area contributed by atoms with Crippen molar-refractivity contribution in [3.63, 3.8) is 0 Å². The van der Waals surface area contributed by atoms with Crippen LogP contribution >= 0.6 is 11.6 Å². The van der Waals surface area contributed by atoms with Crippen LogP contribution in [0.3, 0.4) is 0 Å². The summed E-state index contributed by atoms with van der Waals surface area (Å²) in [6.45, 7) is 3.52. The summed E-state index contributed by atoms with van der Waals surface area (Å²) in [6, 6.07) is 12.3. The van der Waals surface area contributed by atoms with Crippen molar-refractivity contribution >= 4 is 28.5 Å². The van der Waals surface area contributed by atoms with Gasteiger partial charge in [-0.1, -0.05) is 24.1 Å². The Balaban J connectivity index is 1.71. The van der Waals surface area contributed by atoms with Crippen LogP contribution in [0.15, 0.2) is 51.7 Å². The molecule has 4 rings (SSSR count). The largest absolute Gasteiger partial charge is 0.471 e. The van der Waals surface area contributed by atoms with E-state index in [2.05, 4.69) is 0 Å². The predicted octanol–water partition coefficient (Wildman–Crippen LogP) is 6.07. The number of rotatable bonds is 5. The highest BCUT2D eigenvalue weighted by atomic mass is 35.5. The molecule has 0 amide bonds. The van der Waals surface area contributed by atoms with E-state index in [0.717, 1.165) is 31.2 Å². The molecule has 0 aliphatic heterocycles. The third-order valence-electron chi connectivity index (χ3n) is 5.57. The summed E-state index contributed by atoms with van der Waals surface area (Å²) in [5.41, 5.74) is 1.73. The first-order valence-electron chi connectivity index (χ1n) is 10.6. The lowest BCUT2D eigenvalue weighted by atomic mass is 9.98. The van der Waals surface area contributed by atoms with E-state index in [4.69, 9.17) is 25.5 Å². The van der Waals surface area contributed by atoms with Gasteiger partial charge in [-0.2, -0.15) is 0 Å². The van der Waals surface area contributed by atoms with E-state index in [1.165, 1.54) is 6.42 Å². The van der Waals surface area contributed by atoms with Crippen molar-refractivity contribution in [2.45, 2.75) is 58.2 Å². The molecule has 1 fully saturated rings. The summed E-state index contributed by atoms with van der Waals surface area (Å²) >= 11 is 6.02. The van der Waals surface area contributed by atoms with Crippen molar-refractivity contribution in [1.82, 2.24) is 0 Å². The van der Waals surface area contributed by atoms with Gasteiger partial charge >= 0.3 is 5.97 Å². The summed E-state index contributed by atoms with van der Waals surface area (Å²) in [4.78, 5) is 25.9. The van der Waals surface area contributed by atoms with Crippen molar-refractivity contribution in [1.29, 1.82) is 0 Å². The Hall–Kier alpha value is -2.79. The van der Waals surface area contributed by atoms with Gasteiger partial charge in [0.15, 0.2) is 11.9 Å². The molecule has 0 N–H and O–H groups in total. The molecular weight excluding hydrogens is 416 g/mol. The van der Waals surface area contributed by atoms with Gasteiger partial charge in [0.2, 0.25) is 11.2 Å². The molecule has 1 atom stereocenters. The molecule has 2 aromatic carbocycles. The zero-order valence-electron chi connectivity index (χ0n) is 17.7. The zero-order chi connectivity index (χ0) is 22.0. The number of aryl methyl sites for hydroxylation is 1. The second-order valence-corrected chi connectivity index (χ2v) is 8.49. The van der Waals surface area contributed by atoms with Gasteiger partial charge < -0.3 is 13.9 Å². The molecule has 3 aromatic rings. The number of carbonyl (C=O) groups is 1. The van der Waals surface area contributed by atoms with Crippen LogP contribution in [0.1, 0.15) is 44.6 Å². The Morgan fingerprint density at radius 3 is 2.52 bits per heavy atom. The third-order valence-corrected chi connectivity index (χ3v) is 5.83. The van der Waals surface area contributed by atoms with Gasteiger partial charge in [0, 0.05) is 10.6 Å². The molecule has 5 nitrogen and oxygen atoms in total. The van der Waals surface area contributed by atoms with E-state index in [9.17, 15) is 9.59 Å². The fraction of sp³-hybridized carbons (Fsp3) is 0.360. The molecule has 1 aliphatic rings. The average Bonchev–Trinajstić information content (AvgIpc) is 2.76. The molecule has 0 radical (unpaired) electrons. The highest BCUT2D eigenvalue weighted by molar-refractivity contribution is 6.30. The molecule has 0 saturated heterocycles. The minimum atomic E-state index is -0.946. The van der Waals surface area contributed by atoms with Crippen molar-refractivity contribution in [3.8, 4) is 17.1 Å². The molecule has 31 heavy (non-hydrogen) atoms. The lowest BCUT2D eigenvalue weighted by Crippen LogP contribution is -2.32. The van der Waals surface area contributed by atoms with Crippen LogP contribution in [-0.2, 0) is 9.53 Å². The molecule has 1 heterocycles. The van der Waals surface area contributed by atoms with Gasteiger partial charge in [0.25, 0.3) is 0 Å². The lowest BCUT2D eigenvalue weighted by Gasteiger charge is -2.24. The monoisotopic (exact) mass is 440 g/mol. The van der Waals surface area contributed by atoms with Crippen molar-refractivity contribution < 1.29 is 18.7 Å². The number of halogens is 1. The fourth-order valence-electron chi connectivity index (χ4n) is 3.85. The van der Waals surface area contributed by atoms with Gasteiger partial charge in [0.05, 0.1) is 5.39 Å². The molecule has 1 aromatic heterocycles. The Kier molecular flexibility index (Phi) is 6.33. The smallest absolute Gasteiger partial charge is 0.347 e. The van der Waals surface area contributed by atoms with Crippen LogP contribution in [0.4, 0.5) is 0 Å². The standard InChI is InChI=1S/C25H25ClO5/c1-15-8-13-20-21(14-15)31-23(17-9-11-18(26)12-10-17)24(22(20)27)29-16(2)25(28)30-19-6-4-3-5-7-19/h8-14,16,19H,3-7H2,1-2H3. The van der Waals surface area contributed by atoms with Crippen LogP contribution in [0, 0.1) is 6.92 Å². The number of carbonyl (C=O) groups excluding carboxylic acids is 1. The van der Waals surface area contributed by atoms with Crippen molar-refractivity contribution in [2.24, 2.45) is 0 Å². The second kappa shape index (κ2) is 9.15. The summed E-state index contributed by atoms with van der Waals surface area (Å²) < 4.78 is 17.6. The number of esters is 1. The van der Waals surface area contributed by atoms with Gasteiger partial charge in [-0.05, 0) is 81.5 Å². The first kappa shape index (κ1) is 21.4. The maximum atomic E-state index is 13.3. The molecule has 0 spiro atoms. The van der Waals surface area contributed by atoms with E-state index in [1.54, 1.807) is 43.3 Å². The minimum Gasteiger partial charge on any atom is -0.471 e. The number of ether oxygens (including phenoxy) is 2. The number of fused-ring (bicyclic) bond motifs is 1. The van der Waals surface area contributed by atoms with Crippen molar-refractivity contribution in [2.75, 3.05) is 0 Å². The van der Waals surface area contributed by atoms with Crippen LogP contribution in [0.2, 0.25) is 5.02 Å². The van der Waals surface area contributed by atoms with Gasteiger partial charge in [-0.25, -0.2) is 4.79 Å². The van der Waals surface area contributed by atoms with E-state index in [-0.39, 0.29) is 23.0 Å². The maximum absolute atomic E-state index is 13.3. The van der Waals surface area contributed by atoms with Gasteiger partial charge in [-0.3, -0.25) is 4.79 Å². The Labute approximate surface area is 185 Å². The first-order valence-corrected chi connectivity index (χ1v) is 11.0. The molecule has 162 valence electrons. The Bertz CT molecular complexity index is 1140. The summed E-state index contributed by atoms with van der Waals surface area (Å²) in [5, 5.41) is 0.959. The van der Waals surface area contributed by atoms with E-state index < -0.39 is 12.1 Å². The first-order chi connectivity index (χ1) is 14.9. The quantitative estimate of drug-likeness (QED) is 0.451. The fourth-order valence-corrected chi connectivity index (χ4v) is 3.98. The Morgan fingerprint density at radius 2 is 1.81 bits per heavy atom. The molecule has 6 heteroatoms. The molecule has 1 saturated carbocycles. The Morgan fingerprint density at radius 1 is 1.10 bits per heavy atom. The molecule has 1 unspecified atom stereocenters. The molecule has 0 bridgehead atoms. The third kappa shape index (κ3) is 4.77. The van der Waals surface area contributed by atoms with Crippen LogP contribution in [0.25, 0.3) is 22.3 Å². The zero-order valence-corrected chi connectivity index (χ0v) is 18.4. The highest BCUT2D eigenvalue weighted by Crippen LogP contribution is 2.33. The normalized spacial score (nSPS) is 15.6. The summed E-state index contributed by atoms with van der Waals surface area (Å²) in [6.07, 6.45) is 3.99.